The molecule has 158 valence electrons. The number of nitrogens with one attached hydrogen (secondary N) is 3. The lowest BCUT2D eigenvalue weighted by molar-refractivity contribution is -0.125. The Balaban J connectivity index is 0.00000227. The lowest BCUT2D eigenvalue weighted by Crippen LogP contribution is -2.46. The molecule has 4 N–H and O–H groups in total. The summed E-state index contributed by atoms with van der Waals surface area (Å²) in [4.78, 5) is 35.3. The molecule has 1 aromatic rings. The van der Waals surface area contributed by atoms with E-state index >= 15 is 0 Å². The second-order valence-electron chi connectivity index (χ2n) is 7.20. The summed E-state index contributed by atoms with van der Waals surface area (Å²) in [6.45, 7) is 10.6. The molecule has 0 saturated heterocycles. The number of aliphatic hydroxyl groups excluding tert-OH is 1. The van der Waals surface area contributed by atoms with E-state index in [-0.39, 0.29) is 13.2 Å². The Morgan fingerprint density at radius 1 is 1.11 bits per heavy atom. The Bertz CT molecular complexity index is 624. The van der Waals surface area contributed by atoms with E-state index in [1.807, 2.05) is 0 Å². The molecule has 8 nitrogen and oxygen atoms in total. The quantitative estimate of drug-likeness (QED) is 0.591. The van der Waals surface area contributed by atoms with Crippen molar-refractivity contribution in [2.24, 2.45) is 0 Å². The number of carbonyl (C=O) groups excluding carboxylic acids is 3. The molecule has 0 bridgehead atoms. The third-order valence-electron chi connectivity index (χ3n) is 2.97. The van der Waals surface area contributed by atoms with Crippen molar-refractivity contribution in [2.75, 3.05) is 11.9 Å². The molecule has 3 amide bonds. The molecule has 0 aromatic heterocycles. The highest BCUT2D eigenvalue weighted by atomic mass is 16.6. The van der Waals surface area contributed by atoms with Crippen LogP contribution in [0.25, 0.3) is 0 Å². The minimum Gasteiger partial charge on any atom is -0.444 e. The van der Waals surface area contributed by atoms with Gasteiger partial charge in [-0.25, -0.2) is 4.79 Å². The van der Waals surface area contributed by atoms with Crippen molar-refractivity contribution in [3.8, 4) is 0 Å². The van der Waals surface area contributed by atoms with Crippen LogP contribution >= 0.6 is 0 Å². The first kappa shape index (κ1) is 25.4. The first-order valence-electron chi connectivity index (χ1n) is 9.29. The lowest BCUT2D eigenvalue weighted by Gasteiger charge is -2.20. The van der Waals surface area contributed by atoms with Crippen LogP contribution < -0.4 is 16.0 Å². The third-order valence-corrected chi connectivity index (χ3v) is 2.97. The van der Waals surface area contributed by atoms with Crippen LogP contribution in [0.3, 0.4) is 0 Å². The Hall–Kier alpha value is -2.61. The molecular formula is C20H33N3O5. The molecule has 1 aromatic carbocycles. The summed E-state index contributed by atoms with van der Waals surface area (Å²) in [5.41, 5.74) is 0.627. The molecule has 8 heteroatoms. The molecule has 0 radical (unpaired) electrons. The smallest absolute Gasteiger partial charge is 0.408 e. The zero-order valence-corrected chi connectivity index (χ0v) is 17.6. The van der Waals surface area contributed by atoms with E-state index in [4.69, 9.17) is 9.84 Å². The van der Waals surface area contributed by atoms with Crippen molar-refractivity contribution in [3.63, 3.8) is 0 Å². The van der Waals surface area contributed by atoms with Gasteiger partial charge >= 0.3 is 6.09 Å². The minimum atomic E-state index is -0.787. The highest BCUT2D eigenvalue weighted by Crippen LogP contribution is 2.10. The summed E-state index contributed by atoms with van der Waals surface area (Å²) in [7, 11) is 0. The number of hydrogen-bond acceptors (Lipinski definition) is 5. The monoisotopic (exact) mass is 395 g/mol. The number of carbonyl (C=O) groups is 3. The molecule has 0 heterocycles. The summed E-state index contributed by atoms with van der Waals surface area (Å²) >= 11 is 0. The number of rotatable bonds is 6. The van der Waals surface area contributed by atoms with Gasteiger partial charge in [0.05, 0.1) is 6.61 Å². The molecule has 0 fully saturated rings. The van der Waals surface area contributed by atoms with Crippen molar-refractivity contribution in [1.29, 1.82) is 0 Å². The third kappa shape index (κ3) is 11.9. The van der Waals surface area contributed by atoms with Gasteiger partial charge in [0, 0.05) is 5.69 Å². The van der Waals surface area contributed by atoms with Crippen LogP contribution in [-0.2, 0) is 20.9 Å². The Morgan fingerprint density at radius 2 is 1.64 bits per heavy atom. The molecule has 0 aliphatic carbocycles. The largest absolute Gasteiger partial charge is 0.444 e. The summed E-state index contributed by atoms with van der Waals surface area (Å²) in [5, 5.41) is 16.4. The molecule has 1 unspecified atom stereocenters. The fourth-order valence-electron chi connectivity index (χ4n) is 1.77. The zero-order chi connectivity index (χ0) is 21.7. The number of alkyl carbamates (subject to hydrolysis) is 1. The van der Waals surface area contributed by atoms with Gasteiger partial charge in [0.25, 0.3) is 0 Å². The maximum atomic E-state index is 12.0. The van der Waals surface area contributed by atoms with Gasteiger partial charge in [-0.05, 0) is 45.4 Å². The van der Waals surface area contributed by atoms with Gasteiger partial charge in [-0.3, -0.25) is 9.59 Å². The van der Waals surface area contributed by atoms with Crippen molar-refractivity contribution in [2.45, 2.75) is 66.2 Å². The van der Waals surface area contributed by atoms with Crippen molar-refractivity contribution in [3.05, 3.63) is 29.8 Å². The van der Waals surface area contributed by atoms with Crippen LogP contribution in [0.4, 0.5) is 10.5 Å². The number of benzene rings is 1. The van der Waals surface area contributed by atoms with Crippen molar-refractivity contribution >= 4 is 23.6 Å². The van der Waals surface area contributed by atoms with Crippen molar-refractivity contribution < 1.29 is 24.2 Å². The standard InChI is InChI=1S/C17H25N3O5.C3H8/c1-11(15(23)20-13-7-5-12(10-21)6-8-13)19-14(22)9-18-16(24)25-17(2,3)4;1-3-2/h5-8,11,21H,9-10H2,1-4H3,(H,18,24)(H,19,22)(H,20,23);3H2,1-2H3. The first-order valence-corrected chi connectivity index (χ1v) is 9.29. The van der Waals surface area contributed by atoms with E-state index in [1.165, 1.54) is 13.3 Å². The fraction of sp³-hybridized carbons (Fsp3) is 0.550. The number of amides is 3. The van der Waals surface area contributed by atoms with Crippen LogP contribution in [0.15, 0.2) is 24.3 Å². The predicted molar refractivity (Wildman–Crippen MR) is 109 cm³/mol. The molecule has 0 spiro atoms. The topological polar surface area (TPSA) is 117 Å². The second-order valence-corrected chi connectivity index (χ2v) is 7.20. The zero-order valence-electron chi connectivity index (χ0n) is 17.6. The van der Waals surface area contributed by atoms with Gasteiger partial charge in [0.1, 0.15) is 18.2 Å². The van der Waals surface area contributed by atoms with Crippen LogP contribution in [-0.4, -0.2) is 41.2 Å². The molecule has 0 aliphatic heterocycles. The molecule has 0 aliphatic rings. The van der Waals surface area contributed by atoms with Gasteiger partial charge in [-0.2, -0.15) is 0 Å². The first-order chi connectivity index (χ1) is 13.0. The predicted octanol–water partition coefficient (Wildman–Crippen LogP) is 2.56. The van der Waals surface area contributed by atoms with E-state index in [0.29, 0.717) is 5.69 Å². The van der Waals surface area contributed by atoms with Gasteiger partial charge in [0.2, 0.25) is 11.8 Å². The highest BCUT2D eigenvalue weighted by Gasteiger charge is 2.19. The number of anilines is 1. The van der Waals surface area contributed by atoms with Crippen molar-refractivity contribution in [1.82, 2.24) is 10.6 Å². The van der Waals surface area contributed by atoms with Crippen LogP contribution in [0.5, 0.6) is 0 Å². The Labute approximate surface area is 167 Å². The summed E-state index contributed by atoms with van der Waals surface area (Å²) < 4.78 is 5.01. The maximum Gasteiger partial charge on any atom is 0.408 e. The summed E-state index contributed by atoms with van der Waals surface area (Å²) in [5.74, 6) is -0.911. The normalized spacial score (nSPS) is 11.4. The molecule has 28 heavy (non-hydrogen) atoms. The Kier molecular flexibility index (Phi) is 11.5. The van der Waals surface area contributed by atoms with Crippen LogP contribution in [0, 0.1) is 0 Å². The minimum absolute atomic E-state index is 0.0780. The van der Waals surface area contributed by atoms with Crippen LogP contribution in [0.1, 0.15) is 53.5 Å². The molecular weight excluding hydrogens is 362 g/mol. The SMILES string of the molecule is CC(NC(=O)CNC(=O)OC(C)(C)C)C(=O)Nc1ccc(CO)cc1.CCC. The van der Waals surface area contributed by atoms with Gasteiger partial charge < -0.3 is 25.8 Å². The molecule has 1 atom stereocenters. The van der Waals surface area contributed by atoms with E-state index in [0.717, 1.165) is 5.56 Å². The summed E-state index contributed by atoms with van der Waals surface area (Å²) in [6.07, 6.45) is 0.545. The highest BCUT2D eigenvalue weighted by molar-refractivity contribution is 5.97. The molecule has 1 rings (SSSR count). The summed E-state index contributed by atoms with van der Waals surface area (Å²) in [6, 6.07) is 5.89. The number of hydrogen-bond donors (Lipinski definition) is 4. The average molecular weight is 396 g/mol. The van der Waals surface area contributed by atoms with E-state index in [1.54, 1.807) is 45.0 Å². The van der Waals surface area contributed by atoms with Gasteiger partial charge in [0.15, 0.2) is 0 Å². The Morgan fingerprint density at radius 3 is 2.11 bits per heavy atom. The van der Waals surface area contributed by atoms with E-state index < -0.39 is 29.6 Å². The van der Waals surface area contributed by atoms with E-state index in [2.05, 4.69) is 29.8 Å². The second kappa shape index (κ2) is 12.7. The fourth-order valence-corrected chi connectivity index (χ4v) is 1.77. The number of aliphatic hydroxyl groups is 1. The van der Waals surface area contributed by atoms with Crippen LogP contribution in [0.2, 0.25) is 0 Å². The molecule has 0 saturated carbocycles. The van der Waals surface area contributed by atoms with Gasteiger partial charge in [-0.1, -0.05) is 32.4 Å². The van der Waals surface area contributed by atoms with Gasteiger partial charge in [-0.15, -0.1) is 0 Å². The van der Waals surface area contributed by atoms with E-state index in [9.17, 15) is 14.4 Å². The number of ether oxygens (including phenoxy) is 1. The maximum absolute atomic E-state index is 12.0. The average Bonchev–Trinajstić information content (AvgIpc) is 2.60. The lowest BCUT2D eigenvalue weighted by atomic mass is 10.2.